The highest BCUT2D eigenvalue weighted by atomic mass is 35.5. The van der Waals surface area contributed by atoms with Crippen molar-refractivity contribution in [1.29, 1.82) is 0 Å². The number of carbonyl (C=O) groups is 1. The highest BCUT2D eigenvalue weighted by Crippen LogP contribution is 2.40. The van der Waals surface area contributed by atoms with Gasteiger partial charge in [0.05, 0.1) is 5.02 Å². The molecule has 3 N–H and O–H groups in total. The van der Waals surface area contributed by atoms with Crippen LogP contribution in [0.4, 0.5) is 14.5 Å². The first-order valence-electron chi connectivity index (χ1n) is 3.68. The Hall–Kier alpha value is -1.01. The Morgan fingerprint density at radius 3 is 2.67 bits per heavy atom. The van der Waals surface area contributed by atoms with Crippen LogP contribution in [0.1, 0.15) is 0 Å². The van der Waals surface area contributed by atoms with Crippen LogP contribution in [-0.2, 0) is 4.79 Å². The maximum atomic E-state index is 12.8. The van der Waals surface area contributed by atoms with E-state index in [0.29, 0.717) is 0 Å². The van der Waals surface area contributed by atoms with Crippen LogP contribution in [0.25, 0.3) is 0 Å². The van der Waals surface area contributed by atoms with Crippen molar-refractivity contribution in [2.45, 2.75) is 10.2 Å². The number of hydrogen-bond donors (Lipinski definition) is 2. The number of halogens is 3. The van der Waals surface area contributed by atoms with Gasteiger partial charge in [0.25, 0.3) is 0 Å². The number of carboxylic acids is 1. The monoisotopic (exact) mass is 253 g/mol. The Kier molecular flexibility index (Phi) is 3.41. The Balaban J connectivity index is 2.99. The van der Waals surface area contributed by atoms with Gasteiger partial charge in [0, 0.05) is 10.6 Å². The molecule has 1 aromatic rings. The van der Waals surface area contributed by atoms with Gasteiger partial charge in [-0.25, -0.2) is 4.79 Å². The van der Waals surface area contributed by atoms with Crippen molar-refractivity contribution in [2.24, 2.45) is 0 Å². The summed E-state index contributed by atoms with van der Waals surface area (Å²) in [5.41, 5.74) is 5.60. The third kappa shape index (κ3) is 2.97. The summed E-state index contributed by atoms with van der Waals surface area (Å²) in [5, 5.41) is 4.34. The third-order valence-corrected chi connectivity index (χ3v) is 2.87. The molecule has 0 aliphatic carbocycles. The molecule has 0 unspecified atom stereocenters. The molecule has 7 heteroatoms. The number of benzene rings is 1. The zero-order valence-corrected chi connectivity index (χ0v) is 8.78. The van der Waals surface area contributed by atoms with Crippen LogP contribution in [0.15, 0.2) is 23.1 Å². The molecule has 1 aromatic carbocycles. The van der Waals surface area contributed by atoms with E-state index in [1.807, 2.05) is 0 Å². The first-order chi connectivity index (χ1) is 6.83. The van der Waals surface area contributed by atoms with Crippen LogP contribution in [0.3, 0.4) is 0 Å². The van der Waals surface area contributed by atoms with Crippen LogP contribution >= 0.6 is 23.4 Å². The predicted molar refractivity (Wildman–Crippen MR) is 54.3 cm³/mol. The second-order valence-electron chi connectivity index (χ2n) is 2.61. The van der Waals surface area contributed by atoms with Crippen molar-refractivity contribution in [3.8, 4) is 0 Å². The van der Waals surface area contributed by atoms with Gasteiger partial charge in [0.2, 0.25) is 0 Å². The molecule has 0 aliphatic rings. The summed E-state index contributed by atoms with van der Waals surface area (Å²) >= 11 is 5.45. The summed E-state index contributed by atoms with van der Waals surface area (Å²) in [7, 11) is 0. The van der Waals surface area contributed by atoms with Gasteiger partial charge in [-0.05, 0) is 30.0 Å². The first-order valence-corrected chi connectivity index (χ1v) is 4.87. The van der Waals surface area contributed by atoms with Crippen molar-refractivity contribution in [3.63, 3.8) is 0 Å². The van der Waals surface area contributed by atoms with E-state index in [4.69, 9.17) is 22.4 Å². The van der Waals surface area contributed by atoms with Gasteiger partial charge in [-0.2, -0.15) is 8.78 Å². The second-order valence-corrected chi connectivity index (χ2v) is 4.18. The number of anilines is 1. The minimum Gasteiger partial charge on any atom is -0.476 e. The Bertz CT molecular complexity index is 400. The van der Waals surface area contributed by atoms with E-state index < -0.39 is 11.2 Å². The fourth-order valence-electron chi connectivity index (χ4n) is 0.780. The fraction of sp³-hybridized carbons (Fsp3) is 0.125. The summed E-state index contributed by atoms with van der Waals surface area (Å²) in [4.78, 5) is 10.1. The maximum Gasteiger partial charge on any atom is 0.393 e. The van der Waals surface area contributed by atoms with Gasteiger partial charge in [0.1, 0.15) is 0 Å². The normalized spacial score (nSPS) is 11.4. The standard InChI is InChI=1S/C8H6ClF2NO2S/c9-5-2-1-4(12)3-6(5)15-8(10,11)7(13)14/h1-3H,12H2,(H,13,14). The van der Waals surface area contributed by atoms with E-state index in [1.165, 1.54) is 18.2 Å². The van der Waals surface area contributed by atoms with Crippen LogP contribution in [-0.4, -0.2) is 16.3 Å². The molecule has 0 saturated carbocycles. The van der Waals surface area contributed by atoms with E-state index in [0.717, 1.165) is 0 Å². The molecule has 0 aliphatic heterocycles. The van der Waals surface area contributed by atoms with Crippen LogP contribution in [0, 0.1) is 0 Å². The molecule has 0 amide bonds. The van der Waals surface area contributed by atoms with E-state index in [-0.39, 0.29) is 27.4 Å². The van der Waals surface area contributed by atoms with Gasteiger partial charge in [0.15, 0.2) is 0 Å². The fourth-order valence-corrected chi connectivity index (χ4v) is 1.74. The molecule has 0 saturated heterocycles. The van der Waals surface area contributed by atoms with E-state index in [2.05, 4.69) is 0 Å². The molecule has 0 aromatic heterocycles. The van der Waals surface area contributed by atoms with Gasteiger partial charge < -0.3 is 10.8 Å². The topological polar surface area (TPSA) is 63.3 Å². The molecule has 0 fully saturated rings. The highest BCUT2D eigenvalue weighted by molar-refractivity contribution is 8.01. The highest BCUT2D eigenvalue weighted by Gasteiger charge is 2.40. The molecule has 3 nitrogen and oxygen atoms in total. The summed E-state index contributed by atoms with van der Waals surface area (Å²) in [5.74, 6) is -2.22. The summed E-state index contributed by atoms with van der Waals surface area (Å²) in [6.45, 7) is 0. The summed E-state index contributed by atoms with van der Waals surface area (Å²) in [6.07, 6.45) is 0. The molecule has 0 heterocycles. The van der Waals surface area contributed by atoms with Crippen molar-refractivity contribution < 1.29 is 18.7 Å². The first kappa shape index (κ1) is 12.1. The molecule has 0 atom stereocenters. The number of aliphatic carboxylic acids is 1. The van der Waals surface area contributed by atoms with Crippen LogP contribution in [0.5, 0.6) is 0 Å². The molecule has 15 heavy (non-hydrogen) atoms. The Morgan fingerprint density at radius 1 is 1.53 bits per heavy atom. The number of carboxylic acid groups (broad SMARTS) is 1. The minimum atomic E-state index is -3.92. The zero-order valence-electron chi connectivity index (χ0n) is 7.21. The van der Waals surface area contributed by atoms with Crippen molar-refractivity contribution in [1.82, 2.24) is 0 Å². The molecule has 0 radical (unpaired) electrons. The SMILES string of the molecule is Nc1ccc(Cl)c(SC(F)(F)C(=O)O)c1. The average molecular weight is 254 g/mol. The Labute approximate surface area is 93.2 Å². The average Bonchev–Trinajstić information content (AvgIpc) is 2.10. The Morgan fingerprint density at radius 2 is 2.13 bits per heavy atom. The molecule has 0 bridgehead atoms. The van der Waals surface area contributed by atoms with Gasteiger partial charge >= 0.3 is 11.2 Å². The maximum absolute atomic E-state index is 12.8. The molecular formula is C8H6ClF2NO2S. The van der Waals surface area contributed by atoms with E-state index in [9.17, 15) is 13.6 Å². The molecule has 82 valence electrons. The van der Waals surface area contributed by atoms with E-state index in [1.54, 1.807) is 0 Å². The molecular weight excluding hydrogens is 248 g/mol. The number of nitrogens with two attached hydrogens (primary N) is 1. The third-order valence-electron chi connectivity index (χ3n) is 1.44. The second kappa shape index (κ2) is 4.24. The van der Waals surface area contributed by atoms with Crippen LogP contribution in [0.2, 0.25) is 5.02 Å². The van der Waals surface area contributed by atoms with Crippen molar-refractivity contribution in [3.05, 3.63) is 23.2 Å². The van der Waals surface area contributed by atoms with Gasteiger partial charge in [-0.1, -0.05) is 11.6 Å². The summed E-state index contributed by atoms with van der Waals surface area (Å²) < 4.78 is 25.6. The minimum absolute atomic E-state index is 0.0372. The largest absolute Gasteiger partial charge is 0.476 e. The molecule has 1 rings (SSSR count). The number of nitrogen functional groups attached to an aromatic ring is 1. The molecule has 0 spiro atoms. The number of hydrogen-bond acceptors (Lipinski definition) is 3. The predicted octanol–water partition coefficient (Wildman–Crippen LogP) is 2.69. The summed E-state index contributed by atoms with van der Waals surface area (Å²) in [6, 6.07) is 3.96. The van der Waals surface area contributed by atoms with Crippen molar-refractivity contribution in [2.75, 3.05) is 5.73 Å². The van der Waals surface area contributed by atoms with Gasteiger partial charge in [-0.3, -0.25) is 0 Å². The van der Waals surface area contributed by atoms with E-state index >= 15 is 0 Å². The number of thioether (sulfide) groups is 1. The van der Waals surface area contributed by atoms with Gasteiger partial charge in [-0.15, -0.1) is 0 Å². The lowest BCUT2D eigenvalue weighted by Crippen LogP contribution is -2.23. The quantitative estimate of drug-likeness (QED) is 0.642. The lowest BCUT2D eigenvalue weighted by Gasteiger charge is -2.11. The number of alkyl halides is 2. The smallest absolute Gasteiger partial charge is 0.393 e. The van der Waals surface area contributed by atoms with Crippen molar-refractivity contribution >= 4 is 35.0 Å². The lowest BCUT2D eigenvalue weighted by atomic mass is 10.3. The number of rotatable bonds is 3. The lowest BCUT2D eigenvalue weighted by molar-refractivity contribution is -0.152. The zero-order chi connectivity index (χ0) is 11.6. The van der Waals surface area contributed by atoms with Crippen LogP contribution < -0.4 is 5.73 Å².